The molecule has 0 spiro atoms. The molecule has 1 saturated heterocycles. The van der Waals surface area contributed by atoms with Gasteiger partial charge in [0, 0.05) is 63.2 Å². The molecule has 9 nitrogen and oxygen atoms in total. The number of nitrogens with zero attached hydrogens (tertiary/aromatic N) is 2. The first-order valence-corrected chi connectivity index (χ1v) is 14.7. The van der Waals surface area contributed by atoms with Crippen molar-refractivity contribution in [3.05, 3.63) is 23.8 Å². The molecule has 2 atom stereocenters. The van der Waals surface area contributed by atoms with Crippen LogP contribution in [0.25, 0.3) is 0 Å². The number of likely N-dealkylation sites (tertiary alicyclic amines) is 1. The van der Waals surface area contributed by atoms with Crippen molar-refractivity contribution in [2.24, 2.45) is 11.8 Å². The Balaban J connectivity index is 2.29. The summed E-state index contributed by atoms with van der Waals surface area (Å²) in [6.07, 6.45) is -0.219. The normalized spacial score (nSPS) is 18.4. The number of amides is 2. The van der Waals surface area contributed by atoms with Gasteiger partial charge in [-0.2, -0.15) is 0 Å². The number of hydrogen-bond donors (Lipinski definition) is 1. The van der Waals surface area contributed by atoms with E-state index >= 15 is 0 Å². The molecule has 0 unspecified atom stereocenters. The number of hydrogen-bond acceptors (Lipinski definition) is 6. The number of benzene rings is 1. The Bertz CT molecular complexity index is 932. The first-order valence-electron chi connectivity index (χ1n) is 13.4. The van der Waals surface area contributed by atoms with E-state index < -0.39 is 21.5 Å². The standard InChI is InChI=1S/C28H48N2O7Si/c1-19(2)30(25(31)20-11-12-23(35-9)24(15-20)36-14-10-13-34-8)17-21-16-29(26(32)33)18-22(21)28(6,7)37-38-27(3,4)5/h11-12,15,19,21-22H,10,13-14,16-18,38H2,1-9H3,(H,32,33)/t21-,22+/m0/s1. The lowest BCUT2D eigenvalue weighted by atomic mass is 9.82. The summed E-state index contributed by atoms with van der Waals surface area (Å²) < 4.78 is 22.9. The third kappa shape index (κ3) is 8.88. The zero-order valence-corrected chi connectivity index (χ0v) is 26.1. The van der Waals surface area contributed by atoms with Crippen LogP contribution in [0.4, 0.5) is 4.79 Å². The number of rotatable bonds is 13. The van der Waals surface area contributed by atoms with Crippen LogP contribution in [0.2, 0.25) is 5.04 Å². The fraction of sp³-hybridized carbons (Fsp3) is 0.714. The van der Waals surface area contributed by atoms with Gasteiger partial charge in [-0.05, 0) is 50.9 Å². The Labute approximate surface area is 230 Å². The van der Waals surface area contributed by atoms with Gasteiger partial charge in [0.05, 0.1) is 19.3 Å². The van der Waals surface area contributed by atoms with Crippen molar-refractivity contribution in [3.63, 3.8) is 0 Å². The number of carbonyl (C=O) groups is 2. The van der Waals surface area contributed by atoms with Crippen LogP contribution in [-0.4, -0.2) is 95.4 Å². The van der Waals surface area contributed by atoms with Crippen LogP contribution in [0.3, 0.4) is 0 Å². The van der Waals surface area contributed by atoms with Gasteiger partial charge in [-0.3, -0.25) is 4.79 Å². The second kappa shape index (κ2) is 13.7. The molecule has 1 aliphatic heterocycles. The number of carboxylic acid groups (broad SMARTS) is 1. The van der Waals surface area contributed by atoms with Gasteiger partial charge in [0.1, 0.15) is 0 Å². The van der Waals surface area contributed by atoms with Crippen molar-refractivity contribution in [1.29, 1.82) is 0 Å². The van der Waals surface area contributed by atoms with Crippen LogP contribution >= 0.6 is 0 Å². The molecule has 2 rings (SSSR count). The lowest BCUT2D eigenvalue weighted by Gasteiger charge is -2.39. The zero-order chi connectivity index (χ0) is 28.7. The highest BCUT2D eigenvalue weighted by molar-refractivity contribution is 6.31. The average molecular weight is 553 g/mol. The van der Waals surface area contributed by atoms with Crippen molar-refractivity contribution in [2.45, 2.75) is 71.6 Å². The van der Waals surface area contributed by atoms with E-state index in [9.17, 15) is 14.7 Å². The van der Waals surface area contributed by atoms with Gasteiger partial charge in [0.2, 0.25) is 0 Å². The number of carbonyl (C=O) groups excluding carboxylic acids is 1. The quantitative estimate of drug-likeness (QED) is 0.288. The van der Waals surface area contributed by atoms with Gasteiger partial charge >= 0.3 is 6.09 Å². The van der Waals surface area contributed by atoms with E-state index in [0.29, 0.717) is 49.9 Å². The van der Waals surface area contributed by atoms with Crippen LogP contribution in [0, 0.1) is 11.8 Å². The summed E-state index contributed by atoms with van der Waals surface area (Å²) in [4.78, 5) is 29.0. The molecule has 1 aliphatic rings. The Morgan fingerprint density at radius 2 is 1.79 bits per heavy atom. The van der Waals surface area contributed by atoms with Crippen molar-refractivity contribution < 1.29 is 33.3 Å². The first-order chi connectivity index (χ1) is 17.7. The van der Waals surface area contributed by atoms with Gasteiger partial charge in [0.15, 0.2) is 21.3 Å². The van der Waals surface area contributed by atoms with Gasteiger partial charge < -0.3 is 33.5 Å². The number of methoxy groups -OCH3 is 2. The largest absolute Gasteiger partial charge is 0.493 e. The highest BCUT2D eigenvalue weighted by atomic mass is 28.2. The Hall–Kier alpha value is -2.30. The maximum Gasteiger partial charge on any atom is 0.407 e. The molecule has 1 heterocycles. The summed E-state index contributed by atoms with van der Waals surface area (Å²) in [5.41, 5.74) is 0.00478. The summed E-state index contributed by atoms with van der Waals surface area (Å²) in [5.74, 6) is 0.864. The van der Waals surface area contributed by atoms with E-state index in [-0.39, 0.29) is 28.8 Å². The third-order valence-electron chi connectivity index (χ3n) is 6.96. The smallest absolute Gasteiger partial charge is 0.407 e. The fourth-order valence-corrected chi connectivity index (χ4v) is 5.78. The first kappa shape index (κ1) is 31.9. The lowest BCUT2D eigenvalue weighted by molar-refractivity contribution is 0.0188. The Morgan fingerprint density at radius 3 is 2.34 bits per heavy atom. The molecule has 2 amide bonds. The van der Waals surface area contributed by atoms with E-state index in [1.807, 2.05) is 18.7 Å². The second-order valence-electron chi connectivity index (χ2n) is 12.1. The van der Waals surface area contributed by atoms with E-state index in [4.69, 9.17) is 18.6 Å². The minimum Gasteiger partial charge on any atom is -0.493 e. The molecule has 1 N–H and O–H groups in total. The van der Waals surface area contributed by atoms with Crippen LogP contribution in [0.5, 0.6) is 11.5 Å². The number of ether oxygens (including phenoxy) is 3. The van der Waals surface area contributed by atoms with Gasteiger partial charge in [-0.15, -0.1) is 0 Å². The SMILES string of the molecule is COCCCOc1cc(C(=O)N(C[C@@H]2CN(C(=O)O)C[C@H]2C(C)(C)O[SiH2]C(C)(C)C)C(C)C)ccc1OC. The fourth-order valence-electron chi connectivity index (χ4n) is 4.76. The lowest BCUT2D eigenvalue weighted by Crippen LogP contribution is -2.47. The van der Waals surface area contributed by atoms with Crippen molar-refractivity contribution in [3.8, 4) is 11.5 Å². The molecule has 0 aromatic heterocycles. The molecular weight excluding hydrogens is 504 g/mol. The third-order valence-corrected chi connectivity index (χ3v) is 8.71. The molecule has 216 valence electrons. The zero-order valence-electron chi connectivity index (χ0n) is 24.7. The van der Waals surface area contributed by atoms with Crippen molar-refractivity contribution in [2.75, 3.05) is 47.1 Å². The highest BCUT2D eigenvalue weighted by Crippen LogP contribution is 2.37. The molecule has 38 heavy (non-hydrogen) atoms. The summed E-state index contributed by atoms with van der Waals surface area (Å²) in [7, 11) is 2.36. The molecule has 0 saturated carbocycles. The second-order valence-corrected chi connectivity index (χ2v) is 14.8. The van der Waals surface area contributed by atoms with Crippen LogP contribution in [0.1, 0.15) is 65.2 Å². The maximum absolute atomic E-state index is 13.8. The summed E-state index contributed by atoms with van der Waals surface area (Å²) in [6, 6.07) is 5.14. The Kier molecular flexibility index (Phi) is 11.5. The summed E-state index contributed by atoms with van der Waals surface area (Å²) >= 11 is 0. The molecular formula is C28H48N2O7Si. The summed E-state index contributed by atoms with van der Waals surface area (Å²) in [6.45, 7) is 16.8. The molecule has 0 bridgehead atoms. The average Bonchev–Trinajstić information content (AvgIpc) is 3.28. The predicted octanol–water partition coefficient (Wildman–Crippen LogP) is 4.28. The molecule has 1 aromatic carbocycles. The minimum atomic E-state index is -0.936. The van der Waals surface area contributed by atoms with Crippen molar-refractivity contribution in [1.82, 2.24) is 9.80 Å². The topological polar surface area (TPSA) is 97.8 Å². The van der Waals surface area contributed by atoms with Gasteiger partial charge in [-0.25, -0.2) is 4.79 Å². The van der Waals surface area contributed by atoms with E-state index in [1.54, 1.807) is 32.4 Å². The predicted molar refractivity (Wildman–Crippen MR) is 151 cm³/mol. The summed E-state index contributed by atoms with van der Waals surface area (Å²) in [5, 5.41) is 9.89. The van der Waals surface area contributed by atoms with Gasteiger partial charge in [0.25, 0.3) is 5.91 Å². The minimum absolute atomic E-state index is 0.0296. The van der Waals surface area contributed by atoms with Gasteiger partial charge in [-0.1, -0.05) is 20.8 Å². The van der Waals surface area contributed by atoms with Crippen LogP contribution in [0.15, 0.2) is 18.2 Å². The molecule has 0 aliphatic carbocycles. The van der Waals surface area contributed by atoms with Crippen LogP contribution < -0.4 is 9.47 Å². The molecule has 0 radical (unpaired) electrons. The van der Waals surface area contributed by atoms with E-state index in [0.717, 1.165) is 6.42 Å². The van der Waals surface area contributed by atoms with E-state index in [1.165, 1.54) is 4.90 Å². The highest BCUT2D eigenvalue weighted by Gasteiger charge is 2.45. The molecule has 10 heteroatoms. The van der Waals surface area contributed by atoms with Crippen molar-refractivity contribution >= 4 is 21.8 Å². The monoisotopic (exact) mass is 552 g/mol. The van der Waals surface area contributed by atoms with E-state index in [2.05, 4.69) is 34.6 Å². The molecule has 1 aromatic rings. The Morgan fingerprint density at radius 1 is 1.11 bits per heavy atom. The maximum atomic E-state index is 13.8. The molecule has 1 fully saturated rings. The van der Waals surface area contributed by atoms with Crippen LogP contribution in [-0.2, 0) is 9.16 Å².